The van der Waals surface area contributed by atoms with Gasteiger partial charge in [-0.1, -0.05) is 32.0 Å². The molecule has 20 heavy (non-hydrogen) atoms. The van der Waals surface area contributed by atoms with E-state index in [1.807, 2.05) is 44.2 Å². The Balaban J connectivity index is 2.84. The molecule has 0 bridgehead atoms. The fraction of sp³-hybridized carbons (Fsp3) is 0.467. The monoisotopic (exact) mass is 278 g/mol. The van der Waals surface area contributed by atoms with Crippen molar-refractivity contribution in [1.29, 1.82) is 0 Å². The number of anilines is 1. The van der Waals surface area contributed by atoms with Gasteiger partial charge in [-0.25, -0.2) is 0 Å². The summed E-state index contributed by atoms with van der Waals surface area (Å²) in [5.41, 5.74) is 6.67. The van der Waals surface area contributed by atoms with E-state index in [9.17, 15) is 9.59 Å². The van der Waals surface area contributed by atoms with Gasteiger partial charge in [-0.3, -0.25) is 9.59 Å². The number of amides is 1. The van der Waals surface area contributed by atoms with Gasteiger partial charge in [0.1, 0.15) is 0 Å². The molecule has 1 amide bonds. The van der Waals surface area contributed by atoms with E-state index >= 15 is 0 Å². The zero-order valence-electron chi connectivity index (χ0n) is 12.0. The van der Waals surface area contributed by atoms with Crippen LogP contribution in [0.3, 0.4) is 0 Å². The van der Waals surface area contributed by atoms with Crippen LogP contribution in [0.4, 0.5) is 5.69 Å². The minimum Gasteiger partial charge on any atom is -0.481 e. The molecule has 0 saturated carbocycles. The second-order valence-electron chi connectivity index (χ2n) is 5.09. The van der Waals surface area contributed by atoms with Crippen LogP contribution in [0.15, 0.2) is 30.3 Å². The fourth-order valence-corrected chi connectivity index (χ4v) is 1.83. The van der Waals surface area contributed by atoms with Crippen LogP contribution < -0.4 is 10.6 Å². The Labute approximate surface area is 119 Å². The Morgan fingerprint density at radius 3 is 2.35 bits per heavy atom. The van der Waals surface area contributed by atoms with Gasteiger partial charge < -0.3 is 15.7 Å². The lowest BCUT2D eigenvalue weighted by Gasteiger charge is -2.27. The van der Waals surface area contributed by atoms with Crippen LogP contribution in [0, 0.1) is 5.92 Å². The number of carbonyl (C=O) groups excluding carboxylic acids is 1. The summed E-state index contributed by atoms with van der Waals surface area (Å²) in [5.74, 6) is -0.997. The van der Waals surface area contributed by atoms with Gasteiger partial charge >= 0.3 is 5.97 Å². The number of nitrogens with zero attached hydrogens (tertiary/aromatic N) is 1. The first-order valence-electron chi connectivity index (χ1n) is 6.77. The van der Waals surface area contributed by atoms with Crippen molar-refractivity contribution in [3.8, 4) is 0 Å². The maximum Gasteiger partial charge on any atom is 0.303 e. The Morgan fingerprint density at radius 1 is 1.25 bits per heavy atom. The summed E-state index contributed by atoms with van der Waals surface area (Å²) in [7, 11) is 0. The molecular weight excluding hydrogens is 256 g/mol. The number of hydrogen-bond donors (Lipinski definition) is 2. The summed E-state index contributed by atoms with van der Waals surface area (Å²) in [6.07, 6.45) is 0.439. The molecule has 0 saturated heterocycles. The molecule has 5 nitrogen and oxygen atoms in total. The molecule has 110 valence electrons. The Hall–Kier alpha value is -1.88. The topological polar surface area (TPSA) is 83.6 Å². The van der Waals surface area contributed by atoms with Gasteiger partial charge in [-0.05, 0) is 24.5 Å². The van der Waals surface area contributed by atoms with Crippen molar-refractivity contribution >= 4 is 17.6 Å². The van der Waals surface area contributed by atoms with E-state index in [2.05, 4.69) is 0 Å². The maximum absolute atomic E-state index is 12.4. The van der Waals surface area contributed by atoms with E-state index in [1.54, 1.807) is 4.90 Å². The standard InChI is InChI=1S/C15H22N2O3/c1-11(2)14(16)15(20)17(10-6-9-13(18)19)12-7-4-3-5-8-12/h3-5,7-8,11,14H,6,9-10,16H2,1-2H3,(H,18,19). The molecule has 1 unspecified atom stereocenters. The highest BCUT2D eigenvalue weighted by atomic mass is 16.4. The number of hydrogen-bond acceptors (Lipinski definition) is 3. The summed E-state index contributed by atoms with van der Waals surface area (Å²) in [6, 6.07) is 8.62. The van der Waals surface area contributed by atoms with Crippen molar-refractivity contribution in [2.24, 2.45) is 11.7 Å². The fourth-order valence-electron chi connectivity index (χ4n) is 1.83. The molecule has 0 radical (unpaired) electrons. The third-order valence-corrected chi connectivity index (χ3v) is 3.11. The predicted molar refractivity (Wildman–Crippen MR) is 78.5 cm³/mol. The van der Waals surface area contributed by atoms with E-state index < -0.39 is 12.0 Å². The first kappa shape index (κ1) is 16.2. The highest BCUT2D eigenvalue weighted by molar-refractivity contribution is 5.97. The molecule has 0 aliphatic rings. The van der Waals surface area contributed by atoms with Crippen molar-refractivity contribution in [2.45, 2.75) is 32.7 Å². The molecule has 0 aliphatic heterocycles. The van der Waals surface area contributed by atoms with Crippen molar-refractivity contribution in [1.82, 2.24) is 0 Å². The molecule has 1 atom stereocenters. The minimum atomic E-state index is -0.862. The van der Waals surface area contributed by atoms with Gasteiger partial charge in [0.25, 0.3) is 0 Å². The number of carboxylic acid groups (broad SMARTS) is 1. The van der Waals surface area contributed by atoms with Crippen LogP contribution in [0.5, 0.6) is 0 Å². The first-order chi connectivity index (χ1) is 9.43. The first-order valence-corrected chi connectivity index (χ1v) is 6.77. The van der Waals surface area contributed by atoms with Gasteiger partial charge in [0.15, 0.2) is 0 Å². The molecule has 0 aromatic heterocycles. The maximum atomic E-state index is 12.4. The number of aliphatic carboxylic acids is 1. The summed E-state index contributed by atoms with van der Waals surface area (Å²) >= 11 is 0. The molecule has 0 aliphatic carbocycles. The Kier molecular flexibility index (Phi) is 6.18. The zero-order valence-corrected chi connectivity index (χ0v) is 12.0. The quantitative estimate of drug-likeness (QED) is 0.797. The molecule has 1 aromatic rings. The molecular formula is C15H22N2O3. The SMILES string of the molecule is CC(C)C(N)C(=O)N(CCCC(=O)O)c1ccccc1. The lowest BCUT2D eigenvalue weighted by molar-refractivity contribution is -0.137. The minimum absolute atomic E-state index is 0.0352. The van der Waals surface area contributed by atoms with Crippen LogP contribution >= 0.6 is 0 Å². The van der Waals surface area contributed by atoms with Crippen LogP contribution in [-0.4, -0.2) is 29.6 Å². The lowest BCUT2D eigenvalue weighted by Crippen LogP contribution is -2.47. The Morgan fingerprint density at radius 2 is 1.85 bits per heavy atom. The van der Waals surface area contributed by atoms with Gasteiger partial charge in [0.2, 0.25) is 5.91 Å². The van der Waals surface area contributed by atoms with E-state index in [0.29, 0.717) is 13.0 Å². The van der Waals surface area contributed by atoms with Gasteiger partial charge in [0.05, 0.1) is 6.04 Å². The molecule has 1 rings (SSSR count). The van der Waals surface area contributed by atoms with Crippen LogP contribution in [0.2, 0.25) is 0 Å². The van der Waals surface area contributed by atoms with Gasteiger partial charge in [0, 0.05) is 18.7 Å². The second kappa shape index (κ2) is 7.65. The van der Waals surface area contributed by atoms with Gasteiger partial charge in [-0.15, -0.1) is 0 Å². The van der Waals surface area contributed by atoms with E-state index in [4.69, 9.17) is 10.8 Å². The average molecular weight is 278 g/mol. The summed E-state index contributed by atoms with van der Waals surface area (Å²) in [4.78, 5) is 24.6. The van der Waals surface area contributed by atoms with Crippen molar-refractivity contribution < 1.29 is 14.7 Å². The average Bonchev–Trinajstić information content (AvgIpc) is 2.42. The predicted octanol–water partition coefficient (Wildman–Crippen LogP) is 1.87. The number of rotatable bonds is 7. The molecule has 0 fully saturated rings. The summed E-state index contributed by atoms with van der Waals surface area (Å²) < 4.78 is 0. The zero-order chi connectivity index (χ0) is 15.1. The highest BCUT2D eigenvalue weighted by Gasteiger charge is 2.24. The van der Waals surface area contributed by atoms with Crippen LogP contribution in [0.25, 0.3) is 0 Å². The molecule has 0 spiro atoms. The number of para-hydroxylation sites is 1. The van der Waals surface area contributed by atoms with Crippen molar-refractivity contribution in [3.63, 3.8) is 0 Å². The van der Waals surface area contributed by atoms with Crippen molar-refractivity contribution in [2.75, 3.05) is 11.4 Å². The second-order valence-corrected chi connectivity index (χ2v) is 5.09. The van der Waals surface area contributed by atoms with Crippen molar-refractivity contribution in [3.05, 3.63) is 30.3 Å². The van der Waals surface area contributed by atoms with Gasteiger partial charge in [-0.2, -0.15) is 0 Å². The van der Waals surface area contributed by atoms with Crippen LogP contribution in [0.1, 0.15) is 26.7 Å². The normalized spacial score (nSPS) is 12.2. The van der Waals surface area contributed by atoms with E-state index in [1.165, 1.54) is 0 Å². The third kappa shape index (κ3) is 4.66. The lowest BCUT2D eigenvalue weighted by atomic mass is 10.0. The molecule has 5 heteroatoms. The summed E-state index contributed by atoms with van der Waals surface area (Å²) in [5, 5.41) is 8.70. The van der Waals surface area contributed by atoms with Crippen LogP contribution in [-0.2, 0) is 9.59 Å². The molecule has 3 N–H and O–H groups in total. The summed E-state index contributed by atoms with van der Waals surface area (Å²) in [6.45, 7) is 4.14. The molecule has 0 heterocycles. The van der Waals surface area contributed by atoms with E-state index in [-0.39, 0.29) is 18.2 Å². The van der Waals surface area contributed by atoms with E-state index in [0.717, 1.165) is 5.69 Å². The third-order valence-electron chi connectivity index (χ3n) is 3.11. The smallest absolute Gasteiger partial charge is 0.303 e. The number of carboxylic acids is 1. The Bertz CT molecular complexity index is 446. The highest BCUT2D eigenvalue weighted by Crippen LogP contribution is 2.17. The number of benzene rings is 1. The number of nitrogens with two attached hydrogens (primary N) is 1. The largest absolute Gasteiger partial charge is 0.481 e. The molecule has 1 aromatic carbocycles. The number of carbonyl (C=O) groups is 2.